The van der Waals surface area contributed by atoms with Gasteiger partial charge in [-0.15, -0.1) is 0 Å². The summed E-state index contributed by atoms with van der Waals surface area (Å²) in [6, 6.07) is 5.85. The molecule has 0 amide bonds. The van der Waals surface area contributed by atoms with Gasteiger partial charge in [-0.2, -0.15) is 0 Å². The molecule has 154 valence electrons. The highest BCUT2D eigenvalue weighted by molar-refractivity contribution is 5.67. The first-order valence-corrected chi connectivity index (χ1v) is 9.29. The van der Waals surface area contributed by atoms with E-state index in [1.165, 1.54) is 0 Å². The number of hydrogen-bond donors (Lipinski definition) is 0. The van der Waals surface area contributed by atoms with Crippen molar-refractivity contribution in [2.75, 3.05) is 34.7 Å². The molecule has 4 rings (SSSR count). The van der Waals surface area contributed by atoms with Crippen LogP contribution in [0.4, 0.5) is 0 Å². The number of hydrogen-bond acceptors (Lipinski definition) is 7. The summed E-state index contributed by atoms with van der Waals surface area (Å²) >= 11 is 0. The average Bonchev–Trinajstić information content (AvgIpc) is 3.33. The van der Waals surface area contributed by atoms with Crippen LogP contribution in [0.5, 0.6) is 40.2 Å². The van der Waals surface area contributed by atoms with Gasteiger partial charge in [0.15, 0.2) is 23.0 Å². The lowest BCUT2D eigenvalue weighted by Crippen LogP contribution is -2.15. The molecule has 0 aliphatic carbocycles. The van der Waals surface area contributed by atoms with E-state index in [2.05, 4.69) is 6.58 Å². The fraction of sp³-hybridized carbons (Fsp3) is 0.364. The second-order valence-corrected chi connectivity index (χ2v) is 6.72. The highest BCUT2D eigenvalue weighted by atomic mass is 16.7. The molecule has 0 spiro atoms. The van der Waals surface area contributed by atoms with Crippen LogP contribution < -0.4 is 33.2 Å². The van der Waals surface area contributed by atoms with Gasteiger partial charge < -0.3 is 33.2 Å². The molecule has 0 N–H and O–H groups in total. The van der Waals surface area contributed by atoms with E-state index in [1.54, 1.807) is 27.4 Å². The predicted octanol–water partition coefficient (Wildman–Crippen LogP) is 3.92. The minimum atomic E-state index is -0.150. The smallest absolute Gasteiger partial charge is 0.231 e. The van der Waals surface area contributed by atoms with Crippen LogP contribution in [0, 0.1) is 0 Å². The summed E-state index contributed by atoms with van der Waals surface area (Å²) in [4.78, 5) is 0. The molecular weight excluding hydrogens is 376 g/mol. The van der Waals surface area contributed by atoms with Crippen molar-refractivity contribution in [3.8, 4) is 40.2 Å². The Bertz CT molecular complexity index is 937. The van der Waals surface area contributed by atoms with Gasteiger partial charge in [-0.1, -0.05) is 12.7 Å². The second kappa shape index (κ2) is 7.66. The van der Waals surface area contributed by atoms with Crippen LogP contribution in [0.1, 0.15) is 24.0 Å². The minimum Gasteiger partial charge on any atom is -0.493 e. The molecule has 2 unspecified atom stereocenters. The molecule has 0 saturated heterocycles. The van der Waals surface area contributed by atoms with Crippen molar-refractivity contribution in [1.29, 1.82) is 0 Å². The van der Waals surface area contributed by atoms with E-state index in [0.29, 0.717) is 46.9 Å². The molecule has 0 aromatic heterocycles. The molecule has 2 heterocycles. The third-order valence-corrected chi connectivity index (χ3v) is 5.10. The third kappa shape index (κ3) is 3.06. The standard InChI is InChI=1S/C22H24O7/c1-6-7-26-21-16(24-4)10-14-18(12(2)29-19(14)22(21)25-5)13-8-15(23-3)20-17(9-13)27-11-28-20/h6,8-10,12,18H,1,7,11H2,2-5H3. The van der Waals surface area contributed by atoms with Crippen LogP contribution >= 0.6 is 0 Å². The Balaban J connectivity index is 1.85. The number of rotatable bonds is 7. The van der Waals surface area contributed by atoms with Crippen LogP contribution in [0.15, 0.2) is 30.9 Å². The van der Waals surface area contributed by atoms with Crippen LogP contribution in [0.2, 0.25) is 0 Å². The van der Waals surface area contributed by atoms with Gasteiger partial charge in [0.2, 0.25) is 24.0 Å². The van der Waals surface area contributed by atoms with Gasteiger partial charge in [0, 0.05) is 11.5 Å². The average molecular weight is 400 g/mol. The second-order valence-electron chi connectivity index (χ2n) is 6.72. The monoisotopic (exact) mass is 400 g/mol. The molecule has 0 fully saturated rings. The van der Waals surface area contributed by atoms with Gasteiger partial charge in [-0.05, 0) is 30.7 Å². The van der Waals surface area contributed by atoms with Gasteiger partial charge in [0.05, 0.1) is 21.3 Å². The Morgan fingerprint density at radius 3 is 2.48 bits per heavy atom. The molecule has 2 aromatic carbocycles. The summed E-state index contributed by atoms with van der Waals surface area (Å²) < 4.78 is 39.9. The van der Waals surface area contributed by atoms with Crippen molar-refractivity contribution < 1.29 is 33.2 Å². The number of fused-ring (bicyclic) bond motifs is 2. The fourth-order valence-corrected chi connectivity index (χ4v) is 3.87. The van der Waals surface area contributed by atoms with E-state index in [-0.39, 0.29) is 18.8 Å². The molecule has 7 nitrogen and oxygen atoms in total. The van der Waals surface area contributed by atoms with E-state index in [9.17, 15) is 0 Å². The highest BCUT2D eigenvalue weighted by Gasteiger charge is 2.39. The maximum Gasteiger partial charge on any atom is 0.231 e. The maximum atomic E-state index is 6.21. The number of ether oxygens (including phenoxy) is 7. The topological polar surface area (TPSA) is 64.6 Å². The number of benzene rings is 2. The van der Waals surface area contributed by atoms with Gasteiger partial charge in [-0.25, -0.2) is 0 Å². The Morgan fingerprint density at radius 2 is 1.79 bits per heavy atom. The lowest BCUT2D eigenvalue weighted by molar-refractivity contribution is 0.171. The third-order valence-electron chi connectivity index (χ3n) is 5.10. The van der Waals surface area contributed by atoms with E-state index in [0.717, 1.165) is 11.1 Å². The summed E-state index contributed by atoms with van der Waals surface area (Å²) in [5, 5.41) is 0. The molecule has 7 heteroatoms. The van der Waals surface area contributed by atoms with E-state index in [4.69, 9.17) is 33.2 Å². The molecule has 0 saturated carbocycles. The van der Waals surface area contributed by atoms with Crippen molar-refractivity contribution in [3.63, 3.8) is 0 Å². The van der Waals surface area contributed by atoms with Crippen LogP contribution in [0.25, 0.3) is 0 Å². The van der Waals surface area contributed by atoms with Gasteiger partial charge in [0.25, 0.3) is 0 Å². The van der Waals surface area contributed by atoms with Crippen LogP contribution in [-0.4, -0.2) is 40.8 Å². The zero-order chi connectivity index (χ0) is 20.5. The maximum absolute atomic E-state index is 6.21. The Hall–Kier alpha value is -3.22. The van der Waals surface area contributed by atoms with Gasteiger partial charge in [0.1, 0.15) is 12.7 Å². The van der Waals surface area contributed by atoms with Crippen molar-refractivity contribution in [2.24, 2.45) is 0 Å². The first-order valence-electron chi connectivity index (χ1n) is 9.29. The zero-order valence-electron chi connectivity index (χ0n) is 16.9. The molecular formula is C22H24O7. The quantitative estimate of drug-likeness (QED) is 0.653. The SMILES string of the molecule is C=CCOc1c(OC)cc2c(c1OC)OC(C)C2c1cc(OC)c2c(c1)OCO2. The van der Waals surface area contributed by atoms with Crippen molar-refractivity contribution in [2.45, 2.75) is 18.9 Å². The van der Waals surface area contributed by atoms with E-state index < -0.39 is 0 Å². The van der Waals surface area contributed by atoms with Crippen molar-refractivity contribution in [1.82, 2.24) is 0 Å². The predicted molar refractivity (Wildman–Crippen MR) is 106 cm³/mol. The van der Waals surface area contributed by atoms with Crippen LogP contribution in [-0.2, 0) is 0 Å². The molecule has 0 radical (unpaired) electrons. The fourth-order valence-electron chi connectivity index (χ4n) is 3.87. The lowest BCUT2D eigenvalue weighted by atomic mass is 9.88. The molecule has 2 atom stereocenters. The largest absolute Gasteiger partial charge is 0.493 e. The summed E-state index contributed by atoms with van der Waals surface area (Å²) in [5.41, 5.74) is 1.93. The molecule has 2 aliphatic heterocycles. The Kier molecular flexibility index (Phi) is 5.05. The summed E-state index contributed by atoms with van der Waals surface area (Å²) in [5.74, 6) is 4.02. The highest BCUT2D eigenvalue weighted by Crippen LogP contribution is 2.56. The lowest BCUT2D eigenvalue weighted by Gasteiger charge is -2.18. The molecule has 2 aliphatic rings. The molecule has 29 heavy (non-hydrogen) atoms. The minimum absolute atomic E-state index is 0.0790. The molecule has 2 aromatic rings. The first-order chi connectivity index (χ1) is 14.1. The van der Waals surface area contributed by atoms with Crippen LogP contribution in [0.3, 0.4) is 0 Å². The van der Waals surface area contributed by atoms with E-state index >= 15 is 0 Å². The summed E-state index contributed by atoms with van der Waals surface area (Å²) in [6.45, 7) is 6.21. The number of methoxy groups -OCH3 is 3. The Labute approximate surface area is 169 Å². The summed E-state index contributed by atoms with van der Waals surface area (Å²) in [6.07, 6.45) is 1.51. The van der Waals surface area contributed by atoms with Gasteiger partial charge in [-0.3, -0.25) is 0 Å². The zero-order valence-corrected chi connectivity index (χ0v) is 16.9. The molecule has 0 bridgehead atoms. The van der Waals surface area contributed by atoms with E-state index in [1.807, 2.05) is 25.1 Å². The normalized spacial score (nSPS) is 18.6. The first kappa shape index (κ1) is 19.1. The van der Waals surface area contributed by atoms with Crippen molar-refractivity contribution >= 4 is 0 Å². The summed E-state index contributed by atoms with van der Waals surface area (Å²) in [7, 11) is 4.79. The Morgan fingerprint density at radius 1 is 1.00 bits per heavy atom. The van der Waals surface area contributed by atoms with Gasteiger partial charge >= 0.3 is 0 Å². The van der Waals surface area contributed by atoms with Crippen molar-refractivity contribution in [3.05, 3.63) is 42.0 Å².